The summed E-state index contributed by atoms with van der Waals surface area (Å²) in [7, 11) is 2.11. The molecule has 0 spiro atoms. The monoisotopic (exact) mass is 211 g/mol. The highest BCUT2D eigenvalue weighted by Crippen LogP contribution is 2.23. The first kappa shape index (κ1) is 13.0. The van der Waals surface area contributed by atoms with E-state index in [1.165, 1.54) is 64.2 Å². The van der Waals surface area contributed by atoms with Crippen LogP contribution in [0.5, 0.6) is 0 Å². The van der Waals surface area contributed by atoms with Crippen molar-refractivity contribution in [2.24, 2.45) is 5.92 Å². The van der Waals surface area contributed by atoms with Crippen LogP contribution in [-0.2, 0) is 0 Å². The zero-order valence-electron chi connectivity index (χ0n) is 10.7. The zero-order chi connectivity index (χ0) is 10.9. The molecule has 15 heavy (non-hydrogen) atoms. The van der Waals surface area contributed by atoms with Gasteiger partial charge in [-0.25, -0.2) is 0 Å². The highest BCUT2D eigenvalue weighted by atomic mass is 14.9. The summed E-state index contributed by atoms with van der Waals surface area (Å²) in [6.07, 6.45) is 14.6. The van der Waals surface area contributed by atoms with Gasteiger partial charge in [0.15, 0.2) is 0 Å². The second kappa shape index (κ2) is 8.15. The summed E-state index contributed by atoms with van der Waals surface area (Å²) in [4.78, 5) is 0. The topological polar surface area (TPSA) is 12.0 Å². The van der Waals surface area contributed by atoms with Gasteiger partial charge >= 0.3 is 0 Å². The zero-order valence-corrected chi connectivity index (χ0v) is 10.7. The Morgan fingerprint density at radius 3 is 1.60 bits per heavy atom. The Hall–Kier alpha value is -0.0400. The molecule has 1 rings (SSSR count). The van der Waals surface area contributed by atoms with Crippen molar-refractivity contribution in [1.82, 2.24) is 5.32 Å². The molecule has 0 amide bonds. The van der Waals surface area contributed by atoms with Crippen molar-refractivity contribution in [2.75, 3.05) is 7.05 Å². The molecule has 0 saturated heterocycles. The Morgan fingerprint density at radius 1 is 0.800 bits per heavy atom. The van der Waals surface area contributed by atoms with Gasteiger partial charge in [-0.3, -0.25) is 0 Å². The maximum absolute atomic E-state index is 3.43. The van der Waals surface area contributed by atoms with Crippen molar-refractivity contribution in [2.45, 2.75) is 77.2 Å². The fraction of sp³-hybridized carbons (Fsp3) is 1.00. The van der Waals surface area contributed by atoms with Crippen LogP contribution in [0.1, 0.15) is 71.1 Å². The van der Waals surface area contributed by atoms with Crippen LogP contribution in [0.3, 0.4) is 0 Å². The van der Waals surface area contributed by atoms with Crippen LogP contribution in [0, 0.1) is 5.92 Å². The van der Waals surface area contributed by atoms with Crippen LogP contribution < -0.4 is 5.32 Å². The van der Waals surface area contributed by atoms with Gasteiger partial charge in [-0.05, 0) is 32.7 Å². The van der Waals surface area contributed by atoms with Crippen molar-refractivity contribution < 1.29 is 0 Å². The first-order chi connectivity index (χ1) is 7.34. The molecule has 0 aromatic rings. The minimum atomic E-state index is 0.714. The molecule has 1 aliphatic rings. The van der Waals surface area contributed by atoms with E-state index in [0.717, 1.165) is 5.92 Å². The summed E-state index contributed by atoms with van der Waals surface area (Å²) in [5.41, 5.74) is 0. The van der Waals surface area contributed by atoms with Crippen LogP contribution >= 0.6 is 0 Å². The Kier molecular flexibility index (Phi) is 7.08. The van der Waals surface area contributed by atoms with Gasteiger partial charge in [-0.15, -0.1) is 0 Å². The summed E-state index contributed by atoms with van der Waals surface area (Å²) in [5, 5.41) is 3.43. The fourth-order valence-corrected chi connectivity index (χ4v) is 2.75. The second-order valence-corrected chi connectivity index (χ2v) is 5.24. The smallest absolute Gasteiger partial charge is 0.00639 e. The van der Waals surface area contributed by atoms with E-state index in [9.17, 15) is 0 Å². The molecule has 0 aliphatic heterocycles. The quantitative estimate of drug-likeness (QED) is 0.724. The van der Waals surface area contributed by atoms with E-state index in [-0.39, 0.29) is 0 Å². The fourth-order valence-electron chi connectivity index (χ4n) is 2.75. The Bertz CT molecular complexity index is 132. The maximum atomic E-state index is 3.43. The molecule has 0 radical (unpaired) electrons. The first-order valence-electron chi connectivity index (χ1n) is 7.02. The number of rotatable bonds is 2. The number of hydrogen-bond acceptors (Lipinski definition) is 1. The normalized spacial score (nSPS) is 24.4. The molecule has 0 heterocycles. The van der Waals surface area contributed by atoms with E-state index < -0.39 is 0 Å². The van der Waals surface area contributed by atoms with Crippen molar-refractivity contribution in [3.05, 3.63) is 0 Å². The van der Waals surface area contributed by atoms with E-state index in [1.54, 1.807) is 0 Å². The third kappa shape index (κ3) is 5.55. The van der Waals surface area contributed by atoms with Gasteiger partial charge < -0.3 is 5.32 Å². The van der Waals surface area contributed by atoms with Crippen LogP contribution in [0.4, 0.5) is 0 Å². The summed E-state index contributed by atoms with van der Waals surface area (Å²) in [5.74, 6) is 0.924. The Morgan fingerprint density at radius 2 is 1.20 bits per heavy atom. The molecule has 1 atom stereocenters. The number of nitrogens with one attached hydrogen (secondary N) is 1. The largest absolute Gasteiger partial charge is 0.317 e. The lowest BCUT2D eigenvalue weighted by molar-refractivity contribution is 0.329. The van der Waals surface area contributed by atoms with Gasteiger partial charge in [-0.2, -0.15) is 0 Å². The van der Waals surface area contributed by atoms with Gasteiger partial charge in [0.25, 0.3) is 0 Å². The van der Waals surface area contributed by atoms with Crippen LogP contribution in [0.15, 0.2) is 0 Å². The molecule has 0 aromatic carbocycles. The summed E-state index contributed by atoms with van der Waals surface area (Å²) in [6.45, 7) is 2.35. The summed E-state index contributed by atoms with van der Waals surface area (Å²) >= 11 is 0. The Balaban J connectivity index is 2.31. The van der Waals surface area contributed by atoms with Crippen LogP contribution in [0.2, 0.25) is 0 Å². The minimum absolute atomic E-state index is 0.714. The molecule has 1 fully saturated rings. The predicted molar refractivity (Wildman–Crippen MR) is 68.2 cm³/mol. The van der Waals surface area contributed by atoms with E-state index in [1.807, 2.05) is 0 Å². The predicted octanol–water partition coefficient (Wildman–Crippen LogP) is 4.13. The highest BCUT2D eigenvalue weighted by molar-refractivity contribution is 4.71. The second-order valence-electron chi connectivity index (χ2n) is 5.24. The molecule has 90 valence electrons. The first-order valence-corrected chi connectivity index (χ1v) is 7.02. The lowest BCUT2D eigenvalue weighted by atomic mass is 9.89. The molecule has 1 unspecified atom stereocenters. The SMILES string of the molecule is CNC(C)C1CCCCCCCCCC1. The van der Waals surface area contributed by atoms with E-state index in [2.05, 4.69) is 19.3 Å². The molecular formula is C14H29N. The molecule has 0 bridgehead atoms. The van der Waals surface area contributed by atoms with E-state index >= 15 is 0 Å². The third-order valence-electron chi connectivity index (χ3n) is 4.06. The molecule has 1 saturated carbocycles. The van der Waals surface area contributed by atoms with Gasteiger partial charge in [0.2, 0.25) is 0 Å². The van der Waals surface area contributed by atoms with E-state index in [4.69, 9.17) is 0 Å². The number of hydrogen-bond donors (Lipinski definition) is 1. The molecular weight excluding hydrogens is 182 g/mol. The average molecular weight is 211 g/mol. The van der Waals surface area contributed by atoms with Gasteiger partial charge in [0.1, 0.15) is 0 Å². The van der Waals surface area contributed by atoms with Crippen molar-refractivity contribution in [1.29, 1.82) is 0 Å². The summed E-state index contributed by atoms with van der Waals surface area (Å²) in [6, 6.07) is 0.714. The molecule has 0 aromatic heterocycles. The highest BCUT2D eigenvalue weighted by Gasteiger charge is 2.15. The maximum Gasteiger partial charge on any atom is 0.00639 e. The molecule has 1 heteroatoms. The van der Waals surface area contributed by atoms with Crippen LogP contribution in [0.25, 0.3) is 0 Å². The molecule has 1 N–H and O–H groups in total. The minimum Gasteiger partial charge on any atom is -0.317 e. The lowest BCUT2D eigenvalue weighted by Gasteiger charge is -2.23. The average Bonchev–Trinajstić information content (AvgIpc) is 2.32. The van der Waals surface area contributed by atoms with Crippen molar-refractivity contribution in [3.8, 4) is 0 Å². The van der Waals surface area contributed by atoms with Crippen LogP contribution in [-0.4, -0.2) is 13.1 Å². The lowest BCUT2D eigenvalue weighted by Crippen LogP contribution is -2.30. The van der Waals surface area contributed by atoms with Crippen molar-refractivity contribution >= 4 is 0 Å². The molecule has 1 aliphatic carbocycles. The third-order valence-corrected chi connectivity index (χ3v) is 4.06. The van der Waals surface area contributed by atoms with Gasteiger partial charge in [0, 0.05) is 6.04 Å². The van der Waals surface area contributed by atoms with Gasteiger partial charge in [0.05, 0.1) is 0 Å². The summed E-state index contributed by atoms with van der Waals surface area (Å²) < 4.78 is 0. The van der Waals surface area contributed by atoms with Gasteiger partial charge in [-0.1, -0.05) is 51.4 Å². The molecule has 1 nitrogen and oxygen atoms in total. The van der Waals surface area contributed by atoms with E-state index in [0.29, 0.717) is 6.04 Å². The standard InChI is InChI=1S/C14H29N/c1-13(15-2)14-11-9-7-5-3-4-6-8-10-12-14/h13-15H,3-12H2,1-2H3. The van der Waals surface area contributed by atoms with Crippen molar-refractivity contribution in [3.63, 3.8) is 0 Å². The Labute approximate surface area is 96.0 Å².